The van der Waals surface area contributed by atoms with Crippen molar-refractivity contribution in [3.63, 3.8) is 0 Å². The molecule has 1 aromatic rings. The number of hydrogen-bond donors (Lipinski definition) is 2. The molecule has 0 spiro atoms. The molecule has 0 bridgehead atoms. The highest BCUT2D eigenvalue weighted by atomic mass is 16.3. The van der Waals surface area contributed by atoms with E-state index in [1.165, 1.54) is 4.68 Å². The van der Waals surface area contributed by atoms with E-state index in [2.05, 4.69) is 5.10 Å². The van der Waals surface area contributed by atoms with Crippen molar-refractivity contribution >= 4 is 5.82 Å². The first-order valence-corrected chi connectivity index (χ1v) is 3.53. The maximum absolute atomic E-state index is 8.67. The molecule has 0 radical (unpaired) electrons. The summed E-state index contributed by atoms with van der Waals surface area (Å²) in [6.45, 7) is -0.0227. The molecule has 64 valence electrons. The topological polar surface area (TPSA) is 87.9 Å². The summed E-state index contributed by atoms with van der Waals surface area (Å²) in [5, 5.41) is 21.3. The third-order valence-electron chi connectivity index (χ3n) is 1.62. The van der Waals surface area contributed by atoms with Crippen LogP contribution in [0.4, 0.5) is 5.82 Å². The molecule has 3 N–H and O–H groups in total. The van der Waals surface area contributed by atoms with Gasteiger partial charge in [0.15, 0.2) is 0 Å². The van der Waals surface area contributed by atoms with Gasteiger partial charge in [-0.2, -0.15) is 10.4 Å². The molecule has 0 atom stereocenters. The van der Waals surface area contributed by atoms with Crippen molar-refractivity contribution in [2.24, 2.45) is 7.05 Å². The second-order valence-corrected chi connectivity index (χ2v) is 2.42. The summed E-state index contributed by atoms with van der Waals surface area (Å²) >= 11 is 0. The monoisotopic (exact) mass is 166 g/mol. The molecular weight excluding hydrogens is 156 g/mol. The third kappa shape index (κ3) is 1.24. The fraction of sp³-hybridized carbons (Fsp3) is 0.429. The number of nitrogens with zero attached hydrogens (tertiary/aromatic N) is 3. The number of nitrogen functional groups attached to an aromatic ring is 1. The van der Waals surface area contributed by atoms with Crippen LogP contribution in [0.3, 0.4) is 0 Å². The summed E-state index contributed by atoms with van der Waals surface area (Å²) in [4.78, 5) is 0. The molecule has 1 rings (SSSR count). The van der Waals surface area contributed by atoms with E-state index < -0.39 is 0 Å². The lowest BCUT2D eigenvalue weighted by atomic mass is 10.2. The van der Waals surface area contributed by atoms with E-state index in [1.807, 2.05) is 6.07 Å². The standard InChI is InChI=1S/C7H10N4O/c1-11-7(9)5(4-8)6(10-11)2-3-12/h12H,2-3,9H2,1H3. The third-order valence-corrected chi connectivity index (χ3v) is 1.62. The van der Waals surface area contributed by atoms with Gasteiger partial charge in [-0.1, -0.05) is 0 Å². The Labute approximate surface area is 70.0 Å². The average molecular weight is 166 g/mol. The summed E-state index contributed by atoms with van der Waals surface area (Å²) in [6.07, 6.45) is 0.369. The number of rotatable bonds is 2. The summed E-state index contributed by atoms with van der Waals surface area (Å²) in [5.74, 6) is 0.348. The Morgan fingerprint density at radius 2 is 2.42 bits per heavy atom. The van der Waals surface area contributed by atoms with Crippen molar-refractivity contribution in [1.82, 2.24) is 9.78 Å². The zero-order valence-corrected chi connectivity index (χ0v) is 6.78. The minimum absolute atomic E-state index is 0.0227. The van der Waals surface area contributed by atoms with E-state index in [4.69, 9.17) is 16.1 Å². The molecule has 5 heteroatoms. The van der Waals surface area contributed by atoms with Crippen LogP contribution in [0.15, 0.2) is 0 Å². The molecular formula is C7H10N4O. The van der Waals surface area contributed by atoms with Crippen LogP contribution in [-0.4, -0.2) is 21.5 Å². The van der Waals surface area contributed by atoms with E-state index in [9.17, 15) is 0 Å². The Hall–Kier alpha value is -1.54. The first-order valence-electron chi connectivity index (χ1n) is 3.53. The first kappa shape index (κ1) is 8.56. The second kappa shape index (κ2) is 3.24. The van der Waals surface area contributed by atoms with Crippen LogP contribution in [0.2, 0.25) is 0 Å². The number of hydrogen-bond acceptors (Lipinski definition) is 4. The molecule has 0 saturated heterocycles. The van der Waals surface area contributed by atoms with Crippen molar-refractivity contribution in [3.8, 4) is 6.07 Å². The van der Waals surface area contributed by atoms with E-state index in [0.29, 0.717) is 23.5 Å². The second-order valence-electron chi connectivity index (χ2n) is 2.42. The van der Waals surface area contributed by atoms with E-state index in [-0.39, 0.29) is 6.61 Å². The van der Waals surface area contributed by atoms with Crippen LogP contribution < -0.4 is 5.73 Å². The minimum Gasteiger partial charge on any atom is -0.396 e. The van der Waals surface area contributed by atoms with Gasteiger partial charge in [0, 0.05) is 20.1 Å². The van der Waals surface area contributed by atoms with Crippen molar-refractivity contribution in [1.29, 1.82) is 5.26 Å². The van der Waals surface area contributed by atoms with Gasteiger partial charge < -0.3 is 10.8 Å². The molecule has 0 unspecified atom stereocenters. The maximum Gasteiger partial charge on any atom is 0.139 e. The summed E-state index contributed by atoms with van der Waals surface area (Å²) in [7, 11) is 1.66. The molecule has 0 amide bonds. The molecule has 0 aliphatic heterocycles. The molecule has 0 aliphatic rings. The molecule has 1 aromatic heterocycles. The number of nitrogens with two attached hydrogens (primary N) is 1. The SMILES string of the molecule is Cn1nc(CCO)c(C#N)c1N. The van der Waals surface area contributed by atoms with Crippen LogP contribution >= 0.6 is 0 Å². The lowest BCUT2D eigenvalue weighted by Crippen LogP contribution is -1.98. The normalized spacial score (nSPS) is 9.75. The highest BCUT2D eigenvalue weighted by Gasteiger charge is 2.11. The van der Waals surface area contributed by atoms with Crippen LogP contribution in [-0.2, 0) is 13.5 Å². The Balaban J connectivity index is 3.13. The Morgan fingerprint density at radius 1 is 1.75 bits per heavy atom. The Kier molecular flexibility index (Phi) is 2.31. The van der Waals surface area contributed by atoms with Gasteiger partial charge in [0.25, 0.3) is 0 Å². The zero-order valence-electron chi connectivity index (χ0n) is 6.78. The van der Waals surface area contributed by atoms with Gasteiger partial charge >= 0.3 is 0 Å². The molecule has 0 aliphatic carbocycles. The molecule has 0 saturated carbocycles. The van der Waals surface area contributed by atoms with Gasteiger partial charge in [0.2, 0.25) is 0 Å². The predicted molar refractivity (Wildman–Crippen MR) is 43.1 cm³/mol. The van der Waals surface area contributed by atoms with Crippen LogP contribution in [0.25, 0.3) is 0 Å². The highest BCUT2D eigenvalue weighted by molar-refractivity contribution is 5.51. The number of aliphatic hydroxyl groups excluding tert-OH is 1. The Bertz CT molecular complexity index is 323. The van der Waals surface area contributed by atoms with Gasteiger partial charge in [-0.15, -0.1) is 0 Å². The van der Waals surface area contributed by atoms with Gasteiger partial charge in [0.05, 0.1) is 5.69 Å². The predicted octanol–water partition coefficient (Wildman–Crippen LogP) is -0.591. The number of aromatic nitrogens is 2. The number of aryl methyl sites for hydroxylation is 1. The molecule has 5 nitrogen and oxygen atoms in total. The van der Waals surface area contributed by atoms with E-state index in [0.717, 1.165) is 0 Å². The van der Waals surface area contributed by atoms with Crippen LogP contribution in [0, 0.1) is 11.3 Å². The van der Waals surface area contributed by atoms with Crippen molar-refractivity contribution in [3.05, 3.63) is 11.3 Å². The van der Waals surface area contributed by atoms with Crippen molar-refractivity contribution in [2.75, 3.05) is 12.3 Å². The summed E-state index contributed by atoms with van der Waals surface area (Å²) < 4.78 is 1.43. The number of aliphatic hydroxyl groups is 1. The smallest absolute Gasteiger partial charge is 0.139 e. The van der Waals surface area contributed by atoms with Crippen molar-refractivity contribution in [2.45, 2.75) is 6.42 Å². The fourth-order valence-electron chi connectivity index (χ4n) is 0.997. The lowest BCUT2D eigenvalue weighted by Gasteiger charge is -1.90. The maximum atomic E-state index is 8.67. The quantitative estimate of drug-likeness (QED) is 0.614. The van der Waals surface area contributed by atoms with Crippen molar-refractivity contribution < 1.29 is 5.11 Å². The average Bonchev–Trinajstić information content (AvgIpc) is 2.29. The summed E-state index contributed by atoms with van der Waals surface area (Å²) in [5.41, 5.74) is 6.46. The van der Waals surface area contributed by atoms with E-state index >= 15 is 0 Å². The number of nitriles is 1. The number of anilines is 1. The van der Waals surface area contributed by atoms with Crippen LogP contribution in [0.5, 0.6) is 0 Å². The van der Waals surface area contributed by atoms with Gasteiger partial charge in [-0.25, -0.2) is 0 Å². The van der Waals surface area contributed by atoms with Gasteiger partial charge in [-0.05, 0) is 0 Å². The fourth-order valence-corrected chi connectivity index (χ4v) is 0.997. The zero-order chi connectivity index (χ0) is 9.14. The van der Waals surface area contributed by atoms with Gasteiger partial charge in [0.1, 0.15) is 17.5 Å². The Morgan fingerprint density at radius 3 is 2.92 bits per heavy atom. The molecule has 12 heavy (non-hydrogen) atoms. The van der Waals surface area contributed by atoms with Crippen LogP contribution in [0.1, 0.15) is 11.3 Å². The largest absolute Gasteiger partial charge is 0.396 e. The molecule has 1 heterocycles. The van der Waals surface area contributed by atoms with Gasteiger partial charge in [-0.3, -0.25) is 4.68 Å². The summed E-state index contributed by atoms with van der Waals surface area (Å²) in [6, 6.07) is 1.95. The lowest BCUT2D eigenvalue weighted by molar-refractivity contribution is 0.298. The highest BCUT2D eigenvalue weighted by Crippen LogP contribution is 2.14. The molecule has 0 aromatic carbocycles. The minimum atomic E-state index is -0.0227. The molecule has 0 fully saturated rings. The first-order chi connectivity index (χ1) is 5.70. The van der Waals surface area contributed by atoms with E-state index in [1.54, 1.807) is 7.05 Å².